The van der Waals surface area contributed by atoms with Gasteiger partial charge in [-0.1, -0.05) is 0 Å². The molecule has 34 heteroatoms. The Morgan fingerprint density at radius 1 is 0.231 bits per heavy atom. The molecule has 0 rings (SSSR count). The van der Waals surface area contributed by atoms with Gasteiger partial charge in [0.25, 0.3) is 34.7 Å². The third kappa shape index (κ3) is 14.1. The quantitative estimate of drug-likeness (QED) is 0.187. The molecule has 0 aromatic rings. The zero-order chi connectivity index (χ0) is 42.7. The van der Waals surface area contributed by atoms with Crippen molar-refractivity contribution in [3.63, 3.8) is 0 Å². The van der Waals surface area contributed by atoms with E-state index in [2.05, 4.69) is 0 Å². The van der Waals surface area contributed by atoms with Gasteiger partial charge in [0, 0.05) is 0 Å². The number of ketones is 9. The molecule has 0 aliphatic heterocycles. The van der Waals surface area contributed by atoms with Gasteiger partial charge in [-0.05, 0) is 0 Å². The number of hydrogen-bond donors (Lipinski definition) is 0. The topological polar surface area (TPSA) is 154 Å². The fourth-order valence-electron chi connectivity index (χ4n) is 1.51. The summed E-state index contributed by atoms with van der Waals surface area (Å²) in [5, 5.41) is 0. The summed E-state index contributed by atoms with van der Waals surface area (Å²) in [7, 11) is 0. The molecule has 0 bridgehead atoms. The van der Waals surface area contributed by atoms with Crippen LogP contribution in [0.25, 0.3) is 0 Å². The minimum atomic E-state index is -6.56. The van der Waals surface area contributed by atoms with Crippen molar-refractivity contribution in [2.75, 3.05) is 0 Å². The molecule has 0 aromatic carbocycles. The third-order valence-electron chi connectivity index (χ3n) is 3.93. The maximum absolute atomic E-state index is 12.1. The van der Waals surface area contributed by atoms with Crippen molar-refractivity contribution >= 4 is 52.0 Å². The summed E-state index contributed by atoms with van der Waals surface area (Å²) in [6.07, 6.45) is -37.7. The van der Waals surface area contributed by atoms with Gasteiger partial charge in [0.2, 0.25) is 0 Å². The van der Waals surface area contributed by atoms with E-state index in [4.69, 9.17) is 0 Å². The normalized spacial score (nSPS) is 13.2. The smallest absolute Gasteiger partial charge is 0.283 e. The molecular formula is C18EuF24O9+3. The largest absolute Gasteiger partial charge is 3.00 e. The molecule has 0 spiro atoms. The minimum absolute atomic E-state index is 0. The van der Waals surface area contributed by atoms with Gasteiger partial charge in [-0.15, -0.1) is 0 Å². The van der Waals surface area contributed by atoms with E-state index in [1.54, 1.807) is 0 Å². The van der Waals surface area contributed by atoms with E-state index in [9.17, 15) is 149 Å². The zero-order valence-corrected chi connectivity index (χ0v) is 24.5. The van der Waals surface area contributed by atoms with E-state index < -0.39 is 107 Å². The van der Waals surface area contributed by atoms with Crippen LogP contribution in [0.1, 0.15) is 0 Å². The molecule has 0 unspecified atom stereocenters. The van der Waals surface area contributed by atoms with Crippen LogP contribution in [0.3, 0.4) is 0 Å². The average Bonchev–Trinajstić information content (AvgIpc) is 2.90. The first-order valence-electron chi connectivity index (χ1n) is 10.1. The summed E-state index contributed by atoms with van der Waals surface area (Å²) in [5.74, 6) is -51.5. The van der Waals surface area contributed by atoms with Crippen LogP contribution < -0.4 is 0 Å². The summed E-state index contributed by atoms with van der Waals surface area (Å²) >= 11 is 0. The van der Waals surface area contributed by atoms with Gasteiger partial charge in [0.1, 0.15) is 0 Å². The van der Waals surface area contributed by atoms with Crippen LogP contribution in [0.2, 0.25) is 0 Å². The molecule has 0 radical (unpaired) electrons. The predicted molar refractivity (Wildman–Crippen MR) is 96.2 cm³/mol. The predicted octanol–water partition coefficient (Wildman–Crippen LogP) is 4.36. The number of hydrogen-bond acceptors (Lipinski definition) is 9. The van der Waals surface area contributed by atoms with Crippen LogP contribution in [0.15, 0.2) is 0 Å². The Morgan fingerprint density at radius 3 is 0.423 bits per heavy atom. The van der Waals surface area contributed by atoms with E-state index in [0.717, 1.165) is 0 Å². The molecule has 0 saturated heterocycles. The van der Waals surface area contributed by atoms with Gasteiger partial charge in [-0.2, -0.15) is 105 Å². The van der Waals surface area contributed by atoms with E-state index in [0.29, 0.717) is 0 Å². The van der Waals surface area contributed by atoms with Crippen LogP contribution >= 0.6 is 0 Å². The maximum Gasteiger partial charge on any atom is 3.00 e. The van der Waals surface area contributed by atoms with Crippen molar-refractivity contribution in [1.29, 1.82) is 0 Å². The molecular weight excluding hydrogens is 968 g/mol. The Balaban J connectivity index is -0.000000329. The van der Waals surface area contributed by atoms with Gasteiger partial charge in [0.15, 0.2) is 0 Å². The Bertz CT molecular complexity index is 1270. The summed E-state index contributed by atoms with van der Waals surface area (Å²) in [5.41, 5.74) is 0. The van der Waals surface area contributed by atoms with E-state index in [1.807, 2.05) is 0 Å². The number of alkyl halides is 24. The third-order valence-corrected chi connectivity index (χ3v) is 3.93. The Labute approximate surface area is 303 Å². The summed E-state index contributed by atoms with van der Waals surface area (Å²) in [6.45, 7) is 0. The second-order valence-corrected chi connectivity index (χ2v) is 7.67. The SMILES string of the molecule is O=C(C(=O)C(F)(F)F)C(=O)C(F)(F)C(F)(F)F.O=C(C(=O)C(F)(F)F)C(=O)C(F)(F)C(F)(F)F.O=C(C(=O)C(F)(F)F)C(=O)C(F)(F)C(F)(F)F.[Eu+3]. The summed E-state index contributed by atoms with van der Waals surface area (Å²) in [6, 6.07) is 0. The molecule has 0 amide bonds. The first kappa shape index (κ1) is 55.7. The van der Waals surface area contributed by atoms with E-state index in [-0.39, 0.29) is 49.4 Å². The maximum atomic E-state index is 12.1. The van der Waals surface area contributed by atoms with Crippen molar-refractivity contribution in [2.24, 2.45) is 0 Å². The van der Waals surface area contributed by atoms with Crippen LogP contribution in [-0.4, -0.2) is 107 Å². The molecule has 298 valence electrons. The molecule has 0 aliphatic carbocycles. The van der Waals surface area contributed by atoms with Crippen LogP contribution in [0, 0.1) is 49.4 Å². The van der Waals surface area contributed by atoms with E-state index in [1.165, 1.54) is 0 Å². The Morgan fingerprint density at radius 2 is 0.346 bits per heavy atom. The van der Waals surface area contributed by atoms with Gasteiger partial charge < -0.3 is 0 Å². The average molecular weight is 968 g/mol. The first-order chi connectivity index (χ1) is 21.7. The Hall–Kier alpha value is -3.07. The molecule has 0 aliphatic rings. The van der Waals surface area contributed by atoms with Crippen LogP contribution in [0.4, 0.5) is 105 Å². The number of rotatable bonds is 9. The summed E-state index contributed by atoms with van der Waals surface area (Å²) in [4.78, 5) is 91.0. The monoisotopic (exact) mass is 969 g/mol. The van der Waals surface area contributed by atoms with E-state index >= 15 is 0 Å². The number of halogens is 24. The van der Waals surface area contributed by atoms with Gasteiger partial charge in [-0.3, -0.25) is 43.2 Å². The van der Waals surface area contributed by atoms with Crippen molar-refractivity contribution < 1.29 is 198 Å². The van der Waals surface area contributed by atoms with Gasteiger partial charge >= 0.3 is 122 Å². The van der Waals surface area contributed by atoms with Gasteiger partial charge in [0.05, 0.1) is 0 Å². The molecule has 0 heterocycles. The van der Waals surface area contributed by atoms with Crippen LogP contribution in [-0.2, 0) is 43.2 Å². The summed E-state index contributed by atoms with van der Waals surface area (Å²) < 4.78 is 280. The molecule has 0 atom stereocenters. The number of carbonyl (C=O) groups is 9. The standard InChI is InChI=1S/3C6F8O3.Eu/c3*7-4(8,6(12,13)14)2(16)1(15)3(17)5(9,10)11;/q;;;+3. The zero-order valence-electron chi connectivity index (χ0n) is 22.1. The van der Waals surface area contributed by atoms with Crippen molar-refractivity contribution in [1.82, 2.24) is 0 Å². The molecule has 9 nitrogen and oxygen atoms in total. The van der Waals surface area contributed by atoms with Crippen molar-refractivity contribution in [3.8, 4) is 0 Å². The molecule has 52 heavy (non-hydrogen) atoms. The van der Waals surface area contributed by atoms with Crippen molar-refractivity contribution in [3.05, 3.63) is 0 Å². The Kier molecular flexibility index (Phi) is 18.6. The molecule has 0 aromatic heterocycles. The fraction of sp³-hybridized carbons (Fsp3) is 0.500. The number of Topliss-reactive ketones (excluding diaryl/α,β-unsaturated/α-hetero) is 9. The second kappa shape index (κ2) is 17.4. The van der Waals surface area contributed by atoms with Crippen molar-refractivity contribution in [2.45, 2.75) is 54.8 Å². The van der Waals surface area contributed by atoms with Crippen LogP contribution in [0.5, 0.6) is 0 Å². The molecule has 0 N–H and O–H groups in total. The fourth-order valence-corrected chi connectivity index (χ4v) is 1.51. The van der Waals surface area contributed by atoms with Gasteiger partial charge in [-0.25, -0.2) is 0 Å². The second-order valence-electron chi connectivity index (χ2n) is 7.67. The molecule has 0 saturated carbocycles. The first-order valence-corrected chi connectivity index (χ1v) is 10.1. The number of carbonyl (C=O) groups excluding carboxylic acids is 9. The minimum Gasteiger partial charge on any atom is -0.283 e. The molecule has 0 fully saturated rings.